The van der Waals surface area contributed by atoms with E-state index in [4.69, 9.17) is 9.57 Å². The topological polar surface area (TPSA) is 55.8 Å². The molecule has 5 heteroatoms. The van der Waals surface area contributed by atoms with E-state index < -0.39 is 11.9 Å². The summed E-state index contributed by atoms with van der Waals surface area (Å²) < 4.78 is 5.41. The van der Waals surface area contributed by atoms with Gasteiger partial charge < -0.3 is 9.57 Å². The highest BCUT2D eigenvalue weighted by molar-refractivity contribution is 6.30. The predicted octanol–water partition coefficient (Wildman–Crippen LogP) is 2.79. The van der Waals surface area contributed by atoms with E-state index in [1.165, 1.54) is 44.9 Å². The molecule has 118 valence electrons. The van der Waals surface area contributed by atoms with Gasteiger partial charge in [-0.15, -0.1) is 0 Å². The highest BCUT2D eigenvalue weighted by atomic mass is 16.8. The number of hydroxylamine groups is 2. The van der Waals surface area contributed by atoms with Crippen molar-refractivity contribution in [3.8, 4) is 0 Å². The lowest BCUT2D eigenvalue weighted by Gasteiger charge is -2.59. The van der Waals surface area contributed by atoms with Crippen LogP contribution in [-0.4, -0.2) is 29.8 Å². The number of carbonyl (C=O) groups excluding carboxylic acids is 2. The number of nitrogens with zero attached hydrogens (tertiary/aromatic N) is 1. The standard InChI is InChI=1S/C16H25NO4/c1-2-3-7-10-16(12-8-5-4-6-9-12)11-17-15(16)20-13(18)14(19)21-17/h12,15H,2-11H2,1H3. The first kappa shape index (κ1) is 14.8. The summed E-state index contributed by atoms with van der Waals surface area (Å²) in [5.74, 6) is -1.11. The molecule has 0 aromatic heterocycles. The summed E-state index contributed by atoms with van der Waals surface area (Å²) in [7, 11) is 0. The molecule has 2 unspecified atom stereocenters. The molecule has 3 rings (SSSR count). The number of hydrogen-bond donors (Lipinski definition) is 0. The normalized spacial score (nSPS) is 33.9. The van der Waals surface area contributed by atoms with Crippen LogP contribution in [0.15, 0.2) is 0 Å². The first-order chi connectivity index (χ1) is 10.2. The maximum Gasteiger partial charge on any atom is 0.436 e. The number of hydrogen-bond acceptors (Lipinski definition) is 5. The van der Waals surface area contributed by atoms with Crippen molar-refractivity contribution in [3.05, 3.63) is 0 Å². The Balaban J connectivity index is 1.74. The van der Waals surface area contributed by atoms with Gasteiger partial charge in [0.2, 0.25) is 0 Å². The third-order valence-electron chi connectivity index (χ3n) is 5.45. The third kappa shape index (κ3) is 2.56. The second-order valence-electron chi connectivity index (χ2n) is 6.74. The van der Waals surface area contributed by atoms with Crippen molar-refractivity contribution in [1.29, 1.82) is 0 Å². The molecule has 1 saturated carbocycles. The number of esters is 1. The fourth-order valence-electron chi connectivity index (χ4n) is 4.29. The number of rotatable bonds is 5. The number of fused-ring (bicyclic) bond motifs is 1. The molecule has 3 aliphatic rings. The van der Waals surface area contributed by atoms with Crippen molar-refractivity contribution in [2.45, 2.75) is 70.9 Å². The van der Waals surface area contributed by atoms with Crippen molar-refractivity contribution >= 4 is 11.9 Å². The summed E-state index contributed by atoms with van der Waals surface area (Å²) in [5.41, 5.74) is 0.00590. The Hall–Kier alpha value is -1.10. The van der Waals surface area contributed by atoms with Crippen LogP contribution in [0.2, 0.25) is 0 Å². The Morgan fingerprint density at radius 2 is 1.90 bits per heavy atom. The van der Waals surface area contributed by atoms with Gasteiger partial charge in [-0.25, -0.2) is 9.59 Å². The van der Waals surface area contributed by atoms with Crippen molar-refractivity contribution in [3.63, 3.8) is 0 Å². The van der Waals surface area contributed by atoms with Gasteiger partial charge in [-0.1, -0.05) is 50.5 Å². The minimum atomic E-state index is -0.878. The molecular weight excluding hydrogens is 270 g/mol. The van der Waals surface area contributed by atoms with Crippen LogP contribution in [0.5, 0.6) is 0 Å². The molecule has 21 heavy (non-hydrogen) atoms. The summed E-state index contributed by atoms with van der Waals surface area (Å²) in [6.45, 7) is 2.92. The van der Waals surface area contributed by atoms with Crippen LogP contribution < -0.4 is 0 Å². The SMILES string of the molecule is CCCCCC1(C2CCCCC2)CN2OC(=O)C(=O)OC21. The van der Waals surface area contributed by atoms with E-state index in [1.807, 2.05) is 0 Å². The Morgan fingerprint density at radius 1 is 1.14 bits per heavy atom. The molecule has 0 aromatic rings. The van der Waals surface area contributed by atoms with Crippen molar-refractivity contribution in [2.24, 2.45) is 11.3 Å². The lowest BCUT2D eigenvalue weighted by molar-refractivity contribution is -0.365. The molecule has 2 atom stereocenters. The molecule has 1 aliphatic carbocycles. The summed E-state index contributed by atoms with van der Waals surface area (Å²) in [4.78, 5) is 27.9. The molecule has 3 fully saturated rings. The smallest absolute Gasteiger partial charge is 0.434 e. The molecule has 2 aliphatic heterocycles. The van der Waals surface area contributed by atoms with E-state index >= 15 is 0 Å². The zero-order valence-corrected chi connectivity index (χ0v) is 12.8. The fourth-order valence-corrected chi connectivity index (χ4v) is 4.29. The van der Waals surface area contributed by atoms with Gasteiger partial charge in [0.15, 0.2) is 6.23 Å². The lowest BCUT2D eigenvalue weighted by atomic mass is 9.61. The van der Waals surface area contributed by atoms with Crippen LogP contribution in [0, 0.1) is 11.3 Å². The van der Waals surface area contributed by atoms with Gasteiger partial charge in [0, 0.05) is 5.41 Å². The minimum absolute atomic E-state index is 0.00590. The van der Waals surface area contributed by atoms with Gasteiger partial charge in [0.25, 0.3) is 0 Å². The van der Waals surface area contributed by atoms with Crippen LogP contribution in [-0.2, 0) is 19.2 Å². The number of carbonyl (C=O) groups is 2. The van der Waals surface area contributed by atoms with Crippen LogP contribution in [0.25, 0.3) is 0 Å². The molecule has 0 bridgehead atoms. The predicted molar refractivity (Wildman–Crippen MR) is 75.8 cm³/mol. The molecule has 2 saturated heterocycles. The van der Waals surface area contributed by atoms with Gasteiger partial charge in [0.05, 0.1) is 6.54 Å². The molecule has 0 N–H and O–H groups in total. The zero-order valence-electron chi connectivity index (χ0n) is 12.8. The van der Waals surface area contributed by atoms with Gasteiger partial charge in [0.1, 0.15) is 0 Å². The maximum atomic E-state index is 11.6. The number of ether oxygens (including phenoxy) is 1. The molecule has 0 radical (unpaired) electrons. The minimum Gasteiger partial charge on any atom is -0.434 e. The largest absolute Gasteiger partial charge is 0.436 e. The summed E-state index contributed by atoms with van der Waals surface area (Å²) in [6.07, 6.45) is 10.5. The van der Waals surface area contributed by atoms with Crippen molar-refractivity contribution in [1.82, 2.24) is 5.06 Å². The summed E-state index contributed by atoms with van der Waals surface area (Å²) >= 11 is 0. The molecular formula is C16H25NO4. The fraction of sp³-hybridized carbons (Fsp3) is 0.875. The van der Waals surface area contributed by atoms with Crippen LogP contribution in [0.1, 0.15) is 64.7 Å². The number of unbranched alkanes of at least 4 members (excludes halogenated alkanes) is 2. The Morgan fingerprint density at radius 3 is 2.62 bits per heavy atom. The molecule has 0 aromatic carbocycles. The highest BCUT2D eigenvalue weighted by Crippen LogP contribution is 2.54. The lowest BCUT2D eigenvalue weighted by Crippen LogP contribution is -2.71. The average molecular weight is 295 g/mol. The van der Waals surface area contributed by atoms with Gasteiger partial charge in [-0.05, 0) is 25.2 Å². The maximum absolute atomic E-state index is 11.6. The second kappa shape index (κ2) is 5.95. The quantitative estimate of drug-likeness (QED) is 0.443. The van der Waals surface area contributed by atoms with Gasteiger partial charge in [-0.3, -0.25) is 0 Å². The average Bonchev–Trinajstić information content (AvgIpc) is 2.50. The van der Waals surface area contributed by atoms with Gasteiger partial charge in [-0.2, -0.15) is 0 Å². The van der Waals surface area contributed by atoms with Crippen molar-refractivity contribution in [2.75, 3.05) is 6.54 Å². The van der Waals surface area contributed by atoms with E-state index in [1.54, 1.807) is 5.06 Å². The second-order valence-corrected chi connectivity index (χ2v) is 6.74. The summed E-state index contributed by atoms with van der Waals surface area (Å²) in [6, 6.07) is 0. The zero-order chi connectivity index (χ0) is 14.9. The van der Waals surface area contributed by atoms with E-state index in [-0.39, 0.29) is 11.6 Å². The van der Waals surface area contributed by atoms with Crippen LogP contribution in [0.4, 0.5) is 0 Å². The molecule has 5 nitrogen and oxygen atoms in total. The third-order valence-corrected chi connectivity index (χ3v) is 5.45. The first-order valence-electron chi connectivity index (χ1n) is 8.37. The first-order valence-corrected chi connectivity index (χ1v) is 8.37. The Labute approximate surface area is 125 Å². The monoisotopic (exact) mass is 295 g/mol. The Kier molecular flexibility index (Phi) is 4.20. The van der Waals surface area contributed by atoms with E-state index in [0.717, 1.165) is 19.4 Å². The summed E-state index contributed by atoms with van der Waals surface area (Å²) in [5, 5.41) is 1.57. The Bertz CT molecular complexity index is 419. The van der Waals surface area contributed by atoms with Crippen molar-refractivity contribution < 1.29 is 19.2 Å². The van der Waals surface area contributed by atoms with E-state index in [9.17, 15) is 9.59 Å². The van der Waals surface area contributed by atoms with E-state index in [0.29, 0.717) is 5.92 Å². The van der Waals surface area contributed by atoms with Crippen LogP contribution >= 0.6 is 0 Å². The molecule has 0 spiro atoms. The molecule has 0 amide bonds. The van der Waals surface area contributed by atoms with E-state index in [2.05, 4.69) is 6.92 Å². The highest BCUT2D eigenvalue weighted by Gasteiger charge is 2.63. The molecule has 2 heterocycles. The van der Waals surface area contributed by atoms with Gasteiger partial charge >= 0.3 is 11.9 Å². The van der Waals surface area contributed by atoms with Crippen LogP contribution in [0.3, 0.4) is 0 Å².